The first-order chi connectivity index (χ1) is 16.4. The van der Waals surface area contributed by atoms with Crippen molar-refractivity contribution in [3.05, 3.63) is 11.6 Å². The minimum atomic E-state index is -0.310. The van der Waals surface area contributed by atoms with Gasteiger partial charge in [0.25, 0.3) is 0 Å². The molecule has 1 spiro atoms. The lowest BCUT2D eigenvalue weighted by Gasteiger charge is -2.70. The van der Waals surface area contributed by atoms with Crippen LogP contribution in [0, 0.1) is 50.2 Å². The Kier molecular flexibility index (Phi) is 5.02. The van der Waals surface area contributed by atoms with E-state index >= 15 is 0 Å². The van der Waals surface area contributed by atoms with Crippen LogP contribution >= 0.6 is 0 Å². The van der Waals surface area contributed by atoms with Gasteiger partial charge in [-0.3, -0.25) is 9.59 Å². The summed E-state index contributed by atoms with van der Waals surface area (Å²) in [6, 6.07) is 0. The van der Waals surface area contributed by atoms with Crippen LogP contribution in [0.3, 0.4) is 0 Å². The van der Waals surface area contributed by atoms with E-state index in [0.29, 0.717) is 29.0 Å². The zero-order chi connectivity index (χ0) is 25.1. The number of rotatable bonds is 1. The first-order valence-corrected chi connectivity index (χ1v) is 14.7. The van der Waals surface area contributed by atoms with Crippen molar-refractivity contribution in [3.8, 4) is 0 Å². The van der Waals surface area contributed by atoms with E-state index in [-0.39, 0.29) is 33.0 Å². The van der Waals surface area contributed by atoms with Gasteiger partial charge in [0, 0.05) is 11.8 Å². The Morgan fingerprint density at radius 3 is 2.23 bits per heavy atom. The summed E-state index contributed by atoms with van der Waals surface area (Å²) in [4.78, 5) is 26.5. The molecule has 0 aliphatic heterocycles. The molecular formula is C32H48O3. The molecule has 3 heteroatoms. The quantitative estimate of drug-likeness (QED) is 0.286. The number of ether oxygens (including phenoxy) is 1. The zero-order valence-electron chi connectivity index (χ0n) is 23.2. The van der Waals surface area contributed by atoms with Gasteiger partial charge in [-0.05, 0) is 116 Å². The second-order valence-corrected chi connectivity index (χ2v) is 15.2. The summed E-state index contributed by atoms with van der Waals surface area (Å²) in [6.07, 6.45) is 17.4. The molecule has 5 saturated carbocycles. The number of fused-ring (bicyclic) bond motifs is 7. The number of methoxy groups -OCH3 is 1. The van der Waals surface area contributed by atoms with Crippen LogP contribution in [0.4, 0.5) is 0 Å². The first-order valence-electron chi connectivity index (χ1n) is 14.7. The maximum atomic E-state index is 13.5. The predicted octanol–water partition coefficient (Wildman–Crippen LogP) is 7.67. The maximum absolute atomic E-state index is 13.5. The van der Waals surface area contributed by atoms with E-state index in [1.54, 1.807) is 12.7 Å². The van der Waals surface area contributed by atoms with Crippen LogP contribution in [0.25, 0.3) is 0 Å². The first kappa shape index (κ1) is 24.2. The number of hydrogen-bond acceptors (Lipinski definition) is 3. The normalized spacial score (nSPS) is 49.5. The lowest BCUT2D eigenvalue weighted by molar-refractivity contribution is -0.186. The summed E-state index contributed by atoms with van der Waals surface area (Å²) in [5.74, 6) is 1.99. The Balaban J connectivity index is 1.43. The molecule has 0 heterocycles. The fraction of sp³-hybridized carbons (Fsp3) is 0.875. The molecule has 194 valence electrons. The van der Waals surface area contributed by atoms with Crippen molar-refractivity contribution in [1.29, 1.82) is 0 Å². The Hall–Kier alpha value is -1.12. The Morgan fingerprint density at radius 2 is 1.54 bits per heavy atom. The molecule has 0 bridgehead atoms. The van der Waals surface area contributed by atoms with E-state index < -0.39 is 0 Å². The molecule has 5 fully saturated rings. The lowest BCUT2D eigenvalue weighted by Crippen LogP contribution is -2.64. The molecule has 3 nitrogen and oxygen atoms in total. The van der Waals surface area contributed by atoms with Crippen molar-refractivity contribution in [2.24, 2.45) is 50.2 Å². The van der Waals surface area contributed by atoms with E-state index in [1.807, 2.05) is 0 Å². The molecule has 6 aliphatic rings. The van der Waals surface area contributed by atoms with Crippen LogP contribution < -0.4 is 0 Å². The minimum absolute atomic E-state index is 0.0682. The molecule has 0 aromatic heterocycles. The van der Waals surface area contributed by atoms with Gasteiger partial charge >= 0.3 is 5.97 Å². The maximum Gasteiger partial charge on any atom is 0.312 e. The van der Waals surface area contributed by atoms with Crippen LogP contribution in [0.2, 0.25) is 0 Å². The van der Waals surface area contributed by atoms with Crippen molar-refractivity contribution >= 4 is 11.8 Å². The highest BCUT2D eigenvalue weighted by molar-refractivity contribution is 5.85. The van der Waals surface area contributed by atoms with E-state index in [0.717, 1.165) is 38.5 Å². The lowest BCUT2D eigenvalue weighted by atomic mass is 9.34. The summed E-state index contributed by atoms with van der Waals surface area (Å²) >= 11 is 0. The van der Waals surface area contributed by atoms with Crippen molar-refractivity contribution in [1.82, 2.24) is 0 Å². The van der Waals surface area contributed by atoms with Gasteiger partial charge in [0.05, 0.1) is 12.5 Å². The highest BCUT2D eigenvalue weighted by atomic mass is 16.5. The summed E-state index contributed by atoms with van der Waals surface area (Å²) in [5, 5.41) is 0. The van der Waals surface area contributed by atoms with E-state index in [2.05, 4.69) is 40.7 Å². The van der Waals surface area contributed by atoms with Gasteiger partial charge in [-0.15, -0.1) is 0 Å². The number of carbonyl (C=O) groups excluding carboxylic acids is 2. The monoisotopic (exact) mass is 480 g/mol. The fourth-order valence-corrected chi connectivity index (χ4v) is 11.3. The molecule has 0 aromatic carbocycles. The van der Waals surface area contributed by atoms with Gasteiger partial charge < -0.3 is 4.74 Å². The van der Waals surface area contributed by atoms with Crippen LogP contribution in [0.15, 0.2) is 11.6 Å². The Bertz CT molecular complexity index is 987. The smallest absolute Gasteiger partial charge is 0.312 e. The third-order valence-electron chi connectivity index (χ3n) is 14.0. The fourth-order valence-electron chi connectivity index (χ4n) is 11.3. The third-order valence-corrected chi connectivity index (χ3v) is 14.0. The van der Waals surface area contributed by atoms with Gasteiger partial charge in [-0.25, -0.2) is 0 Å². The topological polar surface area (TPSA) is 43.4 Å². The average Bonchev–Trinajstić information content (AvgIpc) is 3.61. The van der Waals surface area contributed by atoms with E-state index in [9.17, 15) is 9.59 Å². The van der Waals surface area contributed by atoms with Crippen LogP contribution in [-0.2, 0) is 14.3 Å². The number of esters is 1. The summed E-state index contributed by atoms with van der Waals surface area (Å²) < 4.78 is 5.56. The molecule has 6 rings (SSSR count). The predicted molar refractivity (Wildman–Crippen MR) is 139 cm³/mol. The van der Waals surface area contributed by atoms with Crippen LogP contribution in [0.5, 0.6) is 0 Å². The standard InChI is InChI=1S/C32H48O3/c1-27(2)23-10-13-30(5)24(28(23,3)12-11-25(27)33)8-7-21-22-9-14-31(16-17-31)18-20-32(22,26(34)35-6)19-15-29(21,30)4/h7,22-24H,8-20H2,1-6H3/t22-,23?,24?,28+,29+,30-,32?/m1/s1. The van der Waals surface area contributed by atoms with Crippen LogP contribution in [0.1, 0.15) is 118 Å². The molecule has 6 aliphatic carbocycles. The van der Waals surface area contributed by atoms with Gasteiger partial charge in [0.1, 0.15) is 5.78 Å². The van der Waals surface area contributed by atoms with Crippen molar-refractivity contribution in [3.63, 3.8) is 0 Å². The minimum Gasteiger partial charge on any atom is -0.469 e. The van der Waals surface area contributed by atoms with Crippen LogP contribution in [-0.4, -0.2) is 18.9 Å². The second kappa shape index (κ2) is 7.25. The van der Waals surface area contributed by atoms with Gasteiger partial charge in [-0.1, -0.05) is 46.3 Å². The number of hydrogen-bond donors (Lipinski definition) is 0. The zero-order valence-corrected chi connectivity index (χ0v) is 23.2. The Labute approximate surface area is 213 Å². The number of ketones is 1. The molecule has 0 saturated heterocycles. The summed E-state index contributed by atoms with van der Waals surface area (Å²) in [6.45, 7) is 12.2. The largest absolute Gasteiger partial charge is 0.469 e. The highest BCUT2D eigenvalue weighted by Gasteiger charge is 2.69. The summed E-state index contributed by atoms with van der Waals surface area (Å²) in [5.41, 5.74) is 2.22. The SMILES string of the molecule is COC(=O)C12CCC3(CC[C@@H]1C1=CCC4[C@@]5(C)CCC(=O)C(C)(C)C5CC[C@@]4(C)[C@@]1(C)CC2)CC3. The average molecular weight is 481 g/mol. The number of allylic oxidation sites excluding steroid dienone is 2. The van der Waals surface area contributed by atoms with Gasteiger partial charge in [-0.2, -0.15) is 0 Å². The van der Waals surface area contributed by atoms with Gasteiger partial charge in [0.2, 0.25) is 0 Å². The number of carbonyl (C=O) groups is 2. The van der Waals surface area contributed by atoms with Crippen molar-refractivity contribution in [2.75, 3.05) is 7.11 Å². The molecular weight excluding hydrogens is 432 g/mol. The second-order valence-electron chi connectivity index (χ2n) is 15.2. The highest BCUT2D eigenvalue weighted by Crippen LogP contribution is 2.75. The molecule has 0 N–H and O–H groups in total. The summed E-state index contributed by atoms with van der Waals surface area (Å²) in [7, 11) is 1.61. The van der Waals surface area contributed by atoms with Crippen molar-refractivity contribution < 1.29 is 14.3 Å². The van der Waals surface area contributed by atoms with E-state index in [4.69, 9.17) is 4.74 Å². The molecule has 3 unspecified atom stereocenters. The van der Waals surface area contributed by atoms with E-state index in [1.165, 1.54) is 44.9 Å². The third kappa shape index (κ3) is 2.91. The molecule has 0 aromatic rings. The molecule has 35 heavy (non-hydrogen) atoms. The number of Topliss-reactive ketones (excluding diaryl/α,β-unsaturated/α-hetero) is 1. The van der Waals surface area contributed by atoms with Gasteiger partial charge in [0.15, 0.2) is 0 Å². The molecule has 0 amide bonds. The Morgan fingerprint density at radius 1 is 0.857 bits per heavy atom. The van der Waals surface area contributed by atoms with Crippen molar-refractivity contribution in [2.45, 2.75) is 118 Å². The molecule has 7 atom stereocenters. The molecule has 0 radical (unpaired) electrons.